The van der Waals surface area contributed by atoms with Crippen molar-refractivity contribution in [1.29, 1.82) is 0 Å². The molecule has 0 aliphatic carbocycles. The second kappa shape index (κ2) is 6.64. The molecule has 4 rings (SSSR count). The normalized spacial score (nSPS) is 18.5. The minimum atomic E-state index is -0.292. The number of fused-ring (bicyclic) bond motifs is 3. The van der Waals surface area contributed by atoms with Crippen molar-refractivity contribution in [1.82, 2.24) is 10.2 Å². The highest BCUT2D eigenvalue weighted by Crippen LogP contribution is 2.40. The number of rotatable bonds is 2. The van der Waals surface area contributed by atoms with E-state index >= 15 is 0 Å². The van der Waals surface area contributed by atoms with Crippen LogP contribution in [0.4, 0.5) is 9.80 Å². The minimum absolute atomic E-state index is 0.0496. The third-order valence-corrected chi connectivity index (χ3v) is 5.92. The SMILES string of the molecule is CCOC(=O)N1CCc2c(sc3c2C(=O)N[C@H](c2ccc(C)cc2)N3)C1. The van der Waals surface area contributed by atoms with Gasteiger partial charge in [0.1, 0.15) is 11.2 Å². The lowest BCUT2D eigenvalue weighted by Gasteiger charge is -2.28. The molecule has 0 spiro atoms. The molecule has 7 heteroatoms. The molecule has 1 aromatic heterocycles. The number of aryl methyl sites for hydroxylation is 1. The fourth-order valence-electron chi connectivity index (χ4n) is 3.41. The van der Waals surface area contributed by atoms with Gasteiger partial charge < -0.3 is 20.3 Å². The Hall–Kier alpha value is -2.54. The number of nitrogens with zero attached hydrogens (tertiary/aromatic N) is 1. The summed E-state index contributed by atoms with van der Waals surface area (Å²) in [7, 11) is 0. The fourth-order valence-corrected chi connectivity index (χ4v) is 4.70. The van der Waals surface area contributed by atoms with Gasteiger partial charge in [0, 0.05) is 11.4 Å². The Labute approximate surface area is 156 Å². The summed E-state index contributed by atoms with van der Waals surface area (Å²) in [6.45, 7) is 5.28. The number of hydrogen-bond donors (Lipinski definition) is 2. The molecule has 1 aromatic carbocycles. The van der Waals surface area contributed by atoms with Crippen LogP contribution in [0.15, 0.2) is 24.3 Å². The molecule has 3 heterocycles. The number of hydrogen-bond acceptors (Lipinski definition) is 5. The number of carbonyl (C=O) groups is 2. The maximum Gasteiger partial charge on any atom is 0.410 e. The molecule has 0 saturated heterocycles. The van der Waals surface area contributed by atoms with Crippen LogP contribution in [0.25, 0.3) is 0 Å². The molecule has 0 radical (unpaired) electrons. The van der Waals surface area contributed by atoms with Crippen LogP contribution in [0.2, 0.25) is 0 Å². The van der Waals surface area contributed by atoms with Gasteiger partial charge in [0.15, 0.2) is 0 Å². The van der Waals surface area contributed by atoms with E-state index < -0.39 is 0 Å². The first-order valence-electron chi connectivity index (χ1n) is 8.77. The largest absolute Gasteiger partial charge is 0.450 e. The Balaban J connectivity index is 1.59. The average molecular weight is 371 g/mol. The van der Waals surface area contributed by atoms with Gasteiger partial charge in [-0.25, -0.2) is 4.79 Å². The summed E-state index contributed by atoms with van der Waals surface area (Å²) in [5.74, 6) is -0.0496. The molecule has 6 nitrogen and oxygen atoms in total. The number of benzene rings is 1. The number of anilines is 1. The van der Waals surface area contributed by atoms with Gasteiger partial charge in [0.2, 0.25) is 0 Å². The van der Waals surface area contributed by atoms with E-state index in [4.69, 9.17) is 4.74 Å². The molecular formula is C19H21N3O3S. The van der Waals surface area contributed by atoms with Crippen LogP contribution in [0.5, 0.6) is 0 Å². The first kappa shape index (κ1) is 16.9. The summed E-state index contributed by atoms with van der Waals surface area (Å²) in [5, 5.41) is 7.38. The van der Waals surface area contributed by atoms with Gasteiger partial charge in [-0.1, -0.05) is 29.8 Å². The van der Waals surface area contributed by atoms with E-state index in [2.05, 4.69) is 10.6 Å². The Morgan fingerprint density at radius 2 is 2.08 bits per heavy atom. The number of ether oxygens (including phenoxy) is 1. The van der Waals surface area contributed by atoms with Crippen LogP contribution < -0.4 is 10.6 Å². The summed E-state index contributed by atoms with van der Waals surface area (Å²) in [4.78, 5) is 27.5. The van der Waals surface area contributed by atoms with Crippen LogP contribution in [0, 0.1) is 6.92 Å². The zero-order valence-corrected chi connectivity index (χ0v) is 15.6. The van der Waals surface area contributed by atoms with Gasteiger partial charge in [-0.2, -0.15) is 0 Å². The Kier molecular flexibility index (Phi) is 4.32. The monoisotopic (exact) mass is 371 g/mol. The Morgan fingerprint density at radius 1 is 1.31 bits per heavy atom. The highest BCUT2D eigenvalue weighted by atomic mass is 32.1. The summed E-state index contributed by atoms with van der Waals surface area (Å²) < 4.78 is 5.10. The maximum absolute atomic E-state index is 12.7. The first-order chi connectivity index (χ1) is 12.6. The smallest absolute Gasteiger partial charge is 0.410 e. The minimum Gasteiger partial charge on any atom is -0.450 e. The van der Waals surface area contributed by atoms with Gasteiger partial charge in [0.05, 0.1) is 18.7 Å². The van der Waals surface area contributed by atoms with Crippen molar-refractivity contribution in [2.45, 2.75) is 33.0 Å². The van der Waals surface area contributed by atoms with E-state index in [9.17, 15) is 9.59 Å². The molecular weight excluding hydrogens is 350 g/mol. The average Bonchev–Trinajstić information content (AvgIpc) is 3.00. The Bertz CT molecular complexity index is 860. The summed E-state index contributed by atoms with van der Waals surface area (Å²) in [5.41, 5.74) is 3.99. The van der Waals surface area contributed by atoms with E-state index in [0.29, 0.717) is 26.1 Å². The molecule has 2 aliphatic rings. The summed E-state index contributed by atoms with van der Waals surface area (Å²) in [6, 6.07) is 8.12. The quantitative estimate of drug-likeness (QED) is 0.849. The van der Waals surface area contributed by atoms with Crippen LogP contribution in [0.1, 0.15) is 45.0 Å². The van der Waals surface area contributed by atoms with Crippen LogP contribution in [-0.2, 0) is 17.7 Å². The number of nitrogens with one attached hydrogen (secondary N) is 2. The maximum atomic E-state index is 12.7. The van der Waals surface area contributed by atoms with Gasteiger partial charge in [-0.05, 0) is 31.4 Å². The van der Waals surface area contributed by atoms with Crippen LogP contribution >= 0.6 is 11.3 Å². The fraction of sp³-hybridized carbons (Fsp3) is 0.368. The molecule has 1 atom stereocenters. The Morgan fingerprint density at radius 3 is 2.81 bits per heavy atom. The van der Waals surface area contributed by atoms with Crippen LogP contribution in [-0.4, -0.2) is 30.1 Å². The molecule has 0 saturated carbocycles. The zero-order chi connectivity index (χ0) is 18.3. The topological polar surface area (TPSA) is 70.7 Å². The van der Waals surface area contributed by atoms with Gasteiger partial charge in [-0.3, -0.25) is 4.79 Å². The summed E-state index contributed by atoms with van der Waals surface area (Å²) >= 11 is 1.56. The van der Waals surface area contributed by atoms with Crippen molar-refractivity contribution in [3.8, 4) is 0 Å². The molecule has 0 fully saturated rings. The second-order valence-corrected chi connectivity index (χ2v) is 7.65. The van der Waals surface area contributed by atoms with Crippen molar-refractivity contribution in [2.24, 2.45) is 0 Å². The third-order valence-electron chi connectivity index (χ3n) is 4.77. The van der Waals surface area contributed by atoms with Gasteiger partial charge in [-0.15, -0.1) is 11.3 Å². The van der Waals surface area contributed by atoms with E-state index in [1.54, 1.807) is 23.2 Å². The van der Waals surface area contributed by atoms with Crippen molar-refractivity contribution in [3.05, 3.63) is 51.4 Å². The third kappa shape index (κ3) is 2.92. The van der Waals surface area contributed by atoms with E-state index in [-0.39, 0.29) is 18.2 Å². The molecule has 2 N–H and O–H groups in total. The number of amides is 2. The number of carbonyl (C=O) groups excluding carboxylic acids is 2. The molecule has 136 valence electrons. The van der Waals surface area contributed by atoms with Crippen molar-refractivity contribution in [2.75, 3.05) is 18.5 Å². The predicted molar refractivity (Wildman–Crippen MR) is 100 cm³/mol. The van der Waals surface area contributed by atoms with Crippen molar-refractivity contribution >= 4 is 28.3 Å². The van der Waals surface area contributed by atoms with Gasteiger partial charge >= 0.3 is 6.09 Å². The highest BCUT2D eigenvalue weighted by Gasteiger charge is 2.34. The van der Waals surface area contributed by atoms with Crippen molar-refractivity contribution < 1.29 is 14.3 Å². The molecule has 0 unspecified atom stereocenters. The standard InChI is InChI=1S/C19H21N3O3S/c1-3-25-19(24)22-9-8-13-14(10-22)26-18-15(13)17(23)20-16(21-18)12-6-4-11(2)5-7-12/h4-7,16,21H,3,8-10H2,1-2H3,(H,20,23)/t16-/m0/s1. The lowest BCUT2D eigenvalue weighted by Crippen LogP contribution is -2.39. The van der Waals surface area contributed by atoms with E-state index in [1.807, 2.05) is 31.2 Å². The molecule has 2 aromatic rings. The molecule has 26 heavy (non-hydrogen) atoms. The molecule has 0 bridgehead atoms. The second-order valence-electron chi connectivity index (χ2n) is 6.54. The zero-order valence-electron chi connectivity index (χ0n) is 14.8. The van der Waals surface area contributed by atoms with Crippen LogP contribution in [0.3, 0.4) is 0 Å². The predicted octanol–water partition coefficient (Wildman–Crippen LogP) is 3.43. The van der Waals surface area contributed by atoms with E-state index in [1.165, 1.54) is 5.56 Å². The molecule has 2 aliphatic heterocycles. The molecule has 2 amide bonds. The highest BCUT2D eigenvalue weighted by molar-refractivity contribution is 7.16. The summed E-state index contributed by atoms with van der Waals surface area (Å²) in [6.07, 6.45) is 0.140. The number of thiophene rings is 1. The lowest BCUT2D eigenvalue weighted by atomic mass is 10.0. The lowest BCUT2D eigenvalue weighted by molar-refractivity contribution is 0.0934. The first-order valence-corrected chi connectivity index (χ1v) is 9.58. The van der Waals surface area contributed by atoms with Gasteiger partial charge in [0.25, 0.3) is 5.91 Å². The van der Waals surface area contributed by atoms with Crippen molar-refractivity contribution in [3.63, 3.8) is 0 Å². The van der Waals surface area contributed by atoms with E-state index in [0.717, 1.165) is 26.6 Å².